The van der Waals surface area contributed by atoms with Crippen molar-refractivity contribution in [3.63, 3.8) is 0 Å². The third kappa shape index (κ3) is 3.68. The standard InChI is InChI=1S/C9H12N2O2/c10-7-13-6-9(12)11-8-4-2-1-3-5-8/h1-5H,6-7,10H2,(H,11,12). The molecule has 0 spiro atoms. The van der Waals surface area contributed by atoms with Crippen LogP contribution in [0.15, 0.2) is 35.3 Å². The van der Waals surface area contributed by atoms with Crippen LogP contribution in [0.3, 0.4) is 0 Å². The summed E-state index contributed by atoms with van der Waals surface area (Å²) >= 11 is 0. The van der Waals surface area contributed by atoms with Crippen LogP contribution in [0.1, 0.15) is 0 Å². The predicted octanol–water partition coefficient (Wildman–Crippen LogP) is -0.707. The molecule has 0 aliphatic heterocycles. The Morgan fingerprint density at radius 1 is 1.38 bits per heavy atom. The van der Waals surface area contributed by atoms with Gasteiger partial charge in [0.25, 0.3) is 0 Å². The Hall–Kier alpha value is -1.39. The minimum Gasteiger partial charge on any atom is -0.860 e. The second kappa shape index (κ2) is 5.29. The van der Waals surface area contributed by atoms with E-state index in [2.05, 4.69) is 10.7 Å². The van der Waals surface area contributed by atoms with Crippen LogP contribution in [0.2, 0.25) is 0 Å². The van der Waals surface area contributed by atoms with Crippen molar-refractivity contribution in [3.05, 3.63) is 30.3 Å². The predicted molar refractivity (Wildman–Crippen MR) is 47.2 cm³/mol. The van der Waals surface area contributed by atoms with Crippen LogP contribution in [0.4, 0.5) is 5.69 Å². The number of ether oxygens (including phenoxy) is 1. The summed E-state index contributed by atoms with van der Waals surface area (Å²) in [5, 5.41) is 11.1. The fraction of sp³-hybridized carbons (Fsp3) is 0.222. The molecule has 3 N–H and O–H groups in total. The molecule has 0 saturated carbocycles. The van der Waals surface area contributed by atoms with Crippen LogP contribution < -0.4 is 10.8 Å². The zero-order chi connectivity index (χ0) is 9.52. The van der Waals surface area contributed by atoms with Crippen LogP contribution in [0, 0.1) is 0 Å². The summed E-state index contributed by atoms with van der Waals surface area (Å²) in [4.78, 5) is 3.80. The fourth-order valence-electron chi connectivity index (χ4n) is 0.838. The fourth-order valence-corrected chi connectivity index (χ4v) is 0.838. The first-order chi connectivity index (χ1) is 6.33. The quantitative estimate of drug-likeness (QED) is 0.378. The topological polar surface area (TPSA) is 72.3 Å². The minimum atomic E-state index is -0.283. The molecular weight excluding hydrogens is 168 g/mol. The van der Waals surface area contributed by atoms with E-state index in [0.29, 0.717) is 5.69 Å². The summed E-state index contributed by atoms with van der Waals surface area (Å²) < 4.78 is 4.81. The summed E-state index contributed by atoms with van der Waals surface area (Å²) in [6.07, 6.45) is 0. The summed E-state index contributed by atoms with van der Waals surface area (Å²) in [7, 11) is 0. The molecule has 1 aromatic carbocycles. The summed E-state index contributed by atoms with van der Waals surface area (Å²) in [6.45, 7) is 0.286. The molecule has 0 aromatic heterocycles. The number of hydrogen-bond acceptors (Lipinski definition) is 3. The molecule has 0 heterocycles. The van der Waals surface area contributed by atoms with Gasteiger partial charge in [0.05, 0.1) is 12.3 Å². The van der Waals surface area contributed by atoms with Gasteiger partial charge < -0.3 is 15.6 Å². The van der Waals surface area contributed by atoms with Crippen molar-refractivity contribution in [2.75, 3.05) is 13.3 Å². The van der Waals surface area contributed by atoms with Crippen LogP contribution in [-0.4, -0.2) is 19.2 Å². The van der Waals surface area contributed by atoms with E-state index in [4.69, 9.17) is 4.74 Å². The third-order valence-electron chi connectivity index (χ3n) is 1.38. The minimum absolute atomic E-state index is 0.00159. The number of nitrogens with zero attached hydrogens (tertiary/aromatic N) is 1. The molecule has 0 aliphatic rings. The zero-order valence-corrected chi connectivity index (χ0v) is 7.27. The first kappa shape index (κ1) is 9.70. The van der Waals surface area contributed by atoms with Crippen molar-refractivity contribution in [2.45, 2.75) is 0 Å². The van der Waals surface area contributed by atoms with Crippen LogP contribution in [0.25, 0.3) is 0 Å². The zero-order valence-electron chi connectivity index (χ0n) is 7.27. The van der Waals surface area contributed by atoms with E-state index < -0.39 is 0 Å². The summed E-state index contributed by atoms with van der Waals surface area (Å²) in [6, 6.07) is 9.06. The Morgan fingerprint density at radius 2 is 2.08 bits per heavy atom. The first-order valence-corrected chi connectivity index (χ1v) is 3.99. The van der Waals surface area contributed by atoms with Gasteiger partial charge in [0.15, 0.2) is 6.73 Å². The Morgan fingerprint density at radius 3 is 2.69 bits per heavy atom. The molecule has 0 radical (unpaired) electrons. The van der Waals surface area contributed by atoms with Gasteiger partial charge in [0.1, 0.15) is 0 Å². The molecule has 0 fully saturated rings. The normalized spacial score (nSPS) is 11.6. The van der Waals surface area contributed by atoms with Gasteiger partial charge >= 0.3 is 0 Å². The molecule has 1 aromatic rings. The molecule has 0 aliphatic carbocycles. The molecule has 4 nitrogen and oxygen atoms in total. The van der Waals surface area contributed by atoms with Gasteiger partial charge in [-0.05, 0) is 18.0 Å². The van der Waals surface area contributed by atoms with Crippen molar-refractivity contribution < 1.29 is 15.6 Å². The summed E-state index contributed by atoms with van der Waals surface area (Å²) in [5.74, 6) is -0.283. The second-order valence-electron chi connectivity index (χ2n) is 2.39. The average molecular weight is 180 g/mol. The van der Waals surface area contributed by atoms with Gasteiger partial charge in [-0.3, -0.25) is 4.99 Å². The molecular formula is C9H12N2O2. The Balaban J connectivity index is 2.55. The molecule has 0 amide bonds. The van der Waals surface area contributed by atoms with E-state index >= 15 is 0 Å². The molecule has 0 atom stereocenters. The van der Waals surface area contributed by atoms with Gasteiger partial charge in [0.2, 0.25) is 0 Å². The SMILES string of the molecule is [NH3+]COCC([O-])=Nc1ccccc1. The largest absolute Gasteiger partial charge is 0.860 e. The highest BCUT2D eigenvalue weighted by atomic mass is 16.5. The van der Waals surface area contributed by atoms with Crippen molar-refractivity contribution in [1.82, 2.24) is 0 Å². The lowest BCUT2D eigenvalue weighted by Crippen LogP contribution is -2.52. The average Bonchev–Trinajstić information content (AvgIpc) is 2.16. The maximum Gasteiger partial charge on any atom is 0.178 e. The number of hydrogen-bond donors (Lipinski definition) is 1. The smallest absolute Gasteiger partial charge is 0.178 e. The van der Waals surface area contributed by atoms with Gasteiger partial charge in [-0.2, -0.15) is 0 Å². The van der Waals surface area contributed by atoms with Gasteiger partial charge in [-0.25, -0.2) is 0 Å². The van der Waals surface area contributed by atoms with Gasteiger partial charge in [-0.15, -0.1) is 0 Å². The highest BCUT2D eigenvalue weighted by molar-refractivity contribution is 5.76. The summed E-state index contributed by atoms with van der Waals surface area (Å²) in [5.41, 5.74) is 4.10. The number of para-hydroxylation sites is 1. The molecule has 0 bridgehead atoms. The first-order valence-electron chi connectivity index (χ1n) is 3.99. The number of aliphatic imine (C=N–C) groups is 1. The highest BCUT2D eigenvalue weighted by Gasteiger charge is 1.87. The van der Waals surface area contributed by atoms with E-state index in [1.807, 2.05) is 18.2 Å². The van der Waals surface area contributed by atoms with E-state index in [1.54, 1.807) is 12.1 Å². The maximum absolute atomic E-state index is 11.1. The van der Waals surface area contributed by atoms with Crippen LogP contribution >= 0.6 is 0 Å². The van der Waals surface area contributed by atoms with Crippen molar-refractivity contribution in [3.8, 4) is 0 Å². The van der Waals surface area contributed by atoms with Gasteiger partial charge in [-0.1, -0.05) is 18.2 Å². The van der Waals surface area contributed by atoms with Crippen molar-refractivity contribution in [2.24, 2.45) is 4.99 Å². The Labute approximate surface area is 76.7 Å². The van der Waals surface area contributed by atoms with E-state index in [-0.39, 0.29) is 19.2 Å². The third-order valence-corrected chi connectivity index (χ3v) is 1.38. The lowest BCUT2D eigenvalue weighted by molar-refractivity contribution is -0.430. The van der Waals surface area contributed by atoms with Crippen molar-refractivity contribution in [1.29, 1.82) is 0 Å². The van der Waals surface area contributed by atoms with E-state index in [9.17, 15) is 5.11 Å². The molecule has 70 valence electrons. The number of rotatable bonds is 4. The van der Waals surface area contributed by atoms with E-state index in [1.165, 1.54) is 0 Å². The molecule has 0 unspecified atom stereocenters. The molecule has 4 heteroatoms. The Bertz CT molecular complexity index is 272. The lowest BCUT2D eigenvalue weighted by Gasteiger charge is -2.08. The maximum atomic E-state index is 11.1. The molecule has 0 saturated heterocycles. The molecule has 1 rings (SSSR count). The Kier molecular flexibility index (Phi) is 3.95. The molecule has 13 heavy (non-hydrogen) atoms. The second-order valence-corrected chi connectivity index (χ2v) is 2.39. The van der Waals surface area contributed by atoms with Gasteiger partial charge in [0, 0.05) is 0 Å². The highest BCUT2D eigenvalue weighted by Crippen LogP contribution is 2.08. The monoisotopic (exact) mass is 180 g/mol. The van der Waals surface area contributed by atoms with Crippen molar-refractivity contribution >= 4 is 11.6 Å². The lowest BCUT2D eigenvalue weighted by atomic mass is 10.3. The van der Waals surface area contributed by atoms with Crippen LogP contribution in [-0.2, 0) is 4.74 Å². The van der Waals surface area contributed by atoms with E-state index in [0.717, 1.165) is 0 Å². The van der Waals surface area contributed by atoms with Crippen LogP contribution in [0.5, 0.6) is 0 Å². The number of quaternary nitrogens is 1. The number of benzene rings is 1.